The summed E-state index contributed by atoms with van der Waals surface area (Å²) in [4.78, 5) is 21.9. The molecular weight excluding hydrogens is 474 g/mol. The van der Waals surface area contributed by atoms with E-state index in [0.717, 1.165) is 22.5 Å². The van der Waals surface area contributed by atoms with Gasteiger partial charge >= 0.3 is 0 Å². The van der Waals surface area contributed by atoms with Gasteiger partial charge in [0.15, 0.2) is 5.78 Å². The molecule has 1 aromatic carbocycles. The number of halogens is 1. The Morgan fingerprint density at radius 1 is 0.914 bits per heavy atom. The first kappa shape index (κ1) is 24.5. The molecule has 4 nitrogen and oxygen atoms in total. The lowest BCUT2D eigenvalue weighted by atomic mass is 9.87. The fraction of sp³-hybridized carbons (Fsp3) is 0.448. The van der Waals surface area contributed by atoms with Gasteiger partial charge in [0.1, 0.15) is 0 Å². The predicted molar refractivity (Wildman–Crippen MR) is 146 cm³/mol. The smallest absolute Gasteiger partial charge is 0.196 e. The first-order chi connectivity index (χ1) is 17.1. The monoisotopic (exact) mass is 507 g/mol. The summed E-state index contributed by atoms with van der Waals surface area (Å²) in [5, 5.41) is 1.22. The van der Waals surface area contributed by atoms with Crippen molar-refractivity contribution >= 4 is 33.7 Å². The zero-order valence-electron chi connectivity index (χ0n) is 20.2. The number of nitrogen functional groups attached to an aromatic ring is 1. The second kappa shape index (κ2) is 11.2. The van der Waals surface area contributed by atoms with Gasteiger partial charge in [-0.15, -0.1) is 11.3 Å². The quantitative estimate of drug-likeness (QED) is 0.332. The molecule has 2 fully saturated rings. The SMILES string of the molecule is Nc1sc(-c2ccncc2)c(CN(C2CCCCC2)C2CCCCC2)c1C(=O)c1ccc(Cl)cc1. The maximum atomic E-state index is 13.8. The lowest BCUT2D eigenvalue weighted by Gasteiger charge is -2.42. The molecule has 2 aliphatic rings. The van der Waals surface area contributed by atoms with Crippen molar-refractivity contribution in [3.8, 4) is 10.4 Å². The molecule has 184 valence electrons. The van der Waals surface area contributed by atoms with E-state index in [9.17, 15) is 4.79 Å². The van der Waals surface area contributed by atoms with Gasteiger partial charge in [0.25, 0.3) is 0 Å². The second-order valence-electron chi connectivity index (χ2n) is 9.98. The van der Waals surface area contributed by atoms with Gasteiger partial charge in [0, 0.05) is 46.5 Å². The van der Waals surface area contributed by atoms with Gasteiger partial charge in [0.2, 0.25) is 0 Å². The highest BCUT2D eigenvalue weighted by molar-refractivity contribution is 7.20. The summed E-state index contributed by atoms with van der Waals surface area (Å²) < 4.78 is 0. The van der Waals surface area contributed by atoms with Crippen LogP contribution >= 0.6 is 22.9 Å². The van der Waals surface area contributed by atoms with Crippen molar-refractivity contribution in [2.24, 2.45) is 0 Å². The molecule has 2 saturated carbocycles. The Morgan fingerprint density at radius 3 is 2.06 bits per heavy atom. The minimum atomic E-state index is -0.0158. The van der Waals surface area contributed by atoms with Gasteiger partial charge in [0.05, 0.1) is 10.6 Å². The minimum Gasteiger partial charge on any atom is -0.390 e. The zero-order chi connectivity index (χ0) is 24.2. The number of aromatic nitrogens is 1. The van der Waals surface area contributed by atoms with Crippen molar-refractivity contribution in [2.75, 3.05) is 5.73 Å². The highest BCUT2D eigenvalue weighted by Gasteiger charge is 2.32. The topological polar surface area (TPSA) is 59.2 Å². The highest BCUT2D eigenvalue weighted by atomic mass is 35.5. The molecule has 3 aromatic rings. The van der Waals surface area contributed by atoms with E-state index in [0.29, 0.717) is 33.2 Å². The van der Waals surface area contributed by atoms with Crippen molar-refractivity contribution < 1.29 is 4.79 Å². The van der Waals surface area contributed by atoms with E-state index < -0.39 is 0 Å². The molecule has 2 aromatic heterocycles. The Morgan fingerprint density at radius 2 is 1.49 bits per heavy atom. The van der Waals surface area contributed by atoms with Crippen LogP contribution in [0.3, 0.4) is 0 Å². The number of nitrogens with two attached hydrogens (primary N) is 1. The number of rotatable bonds is 7. The third-order valence-electron chi connectivity index (χ3n) is 7.74. The lowest BCUT2D eigenvalue weighted by molar-refractivity contribution is 0.0728. The summed E-state index contributed by atoms with van der Waals surface area (Å²) >= 11 is 7.64. The fourth-order valence-electron chi connectivity index (χ4n) is 5.93. The standard InChI is InChI=1S/C29H34ClN3OS/c30-22-13-11-20(12-14-22)27(34)26-25(28(35-29(26)31)21-15-17-32-18-16-21)19-33(23-7-3-1-4-8-23)24-9-5-2-6-10-24/h11-18,23-24H,1-10,19,31H2. The van der Waals surface area contributed by atoms with Gasteiger partial charge < -0.3 is 5.73 Å². The molecule has 6 heteroatoms. The van der Waals surface area contributed by atoms with Crippen LogP contribution in [0.25, 0.3) is 10.4 Å². The maximum Gasteiger partial charge on any atom is 0.196 e. The van der Waals surface area contributed by atoms with Crippen LogP contribution in [-0.2, 0) is 6.54 Å². The predicted octanol–water partition coefficient (Wildman–Crippen LogP) is 7.74. The van der Waals surface area contributed by atoms with Crippen molar-refractivity contribution in [3.05, 3.63) is 70.5 Å². The molecule has 0 amide bonds. The van der Waals surface area contributed by atoms with Crippen LogP contribution in [0.1, 0.15) is 85.7 Å². The molecule has 2 heterocycles. The molecule has 0 radical (unpaired) electrons. The third-order valence-corrected chi connectivity index (χ3v) is 9.10. The van der Waals surface area contributed by atoms with Crippen LogP contribution in [0.5, 0.6) is 0 Å². The largest absolute Gasteiger partial charge is 0.390 e. The van der Waals surface area contributed by atoms with E-state index in [1.165, 1.54) is 75.5 Å². The Kier molecular flexibility index (Phi) is 7.86. The Bertz CT molecular complexity index is 1110. The number of thiophene rings is 1. The average Bonchev–Trinajstić information content (AvgIpc) is 3.24. The van der Waals surface area contributed by atoms with E-state index in [1.54, 1.807) is 24.3 Å². The van der Waals surface area contributed by atoms with Gasteiger partial charge in [-0.25, -0.2) is 0 Å². The number of hydrogen-bond acceptors (Lipinski definition) is 5. The zero-order valence-corrected chi connectivity index (χ0v) is 21.8. The number of ketones is 1. The lowest BCUT2D eigenvalue weighted by Crippen LogP contribution is -2.44. The first-order valence-corrected chi connectivity index (χ1v) is 14.2. The molecule has 2 aliphatic carbocycles. The van der Waals surface area contributed by atoms with Crippen molar-refractivity contribution in [1.82, 2.24) is 9.88 Å². The molecular formula is C29H34ClN3OS. The Labute approximate surface area is 217 Å². The summed E-state index contributed by atoms with van der Waals surface area (Å²) in [6, 6.07) is 12.4. The first-order valence-electron chi connectivity index (χ1n) is 13.0. The van der Waals surface area contributed by atoms with Gasteiger partial charge in [-0.05, 0) is 73.2 Å². The number of pyridine rings is 1. The van der Waals surface area contributed by atoms with Gasteiger partial charge in [-0.3, -0.25) is 14.7 Å². The molecule has 0 saturated heterocycles. The number of carbonyl (C=O) groups is 1. The van der Waals surface area contributed by atoms with Crippen molar-refractivity contribution in [3.63, 3.8) is 0 Å². The summed E-state index contributed by atoms with van der Waals surface area (Å²) in [6.07, 6.45) is 16.5. The summed E-state index contributed by atoms with van der Waals surface area (Å²) in [6.45, 7) is 0.773. The van der Waals surface area contributed by atoms with Gasteiger partial charge in [-0.2, -0.15) is 0 Å². The third kappa shape index (κ3) is 5.47. The van der Waals surface area contributed by atoms with Crippen LogP contribution in [0.4, 0.5) is 5.00 Å². The molecule has 0 bridgehead atoms. The van der Waals surface area contributed by atoms with Crippen LogP contribution in [0, 0.1) is 0 Å². The summed E-state index contributed by atoms with van der Waals surface area (Å²) in [5.41, 5.74) is 10.1. The fourth-order valence-corrected chi connectivity index (χ4v) is 7.14. The van der Waals surface area contributed by atoms with Crippen LogP contribution in [0.2, 0.25) is 5.02 Å². The number of carbonyl (C=O) groups excluding carboxylic acids is 1. The van der Waals surface area contributed by atoms with E-state index in [-0.39, 0.29) is 5.78 Å². The number of anilines is 1. The van der Waals surface area contributed by atoms with Crippen LogP contribution in [-0.4, -0.2) is 27.8 Å². The van der Waals surface area contributed by atoms with Crippen molar-refractivity contribution in [1.29, 1.82) is 0 Å². The highest BCUT2D eigenvalue weighted by Crippen LogP contribution is 2.42. The van der Waals surface area contributed by atoms with Crippen LogP contribution < -0.4 is 5.73 Å². The Balaban J connectivity index is 1.58. The second-order valence-corrected chi connectivity index (χ2v) is 11.5. The van der Waals surface area contributed by atoms with Crippen molar-refractivity contribution in [2.45, 2.75) is 82.8 Å². The van der Waals surface area contributed by atoms with E-state index in [1.807, 2.05) is 24.5 Å². The molecule has 0 spiro atoms. The molecule has 0 aliphatic heterocycles. The summed E-state index contributed by atoms with van der Waals surface area (Å²) in [5.74, 6) is -0.0158. The van der Waals surface area contributed by atoms with E-state index in [2.05, 4.69) is 9.88 Å². The number of nitrogens with zero attached hydrogens (tertiary/aromatic N) is 2. The number of hydrogen-bond donors (Lipinski definition) is 1. The average molecular weight is 508 g/mol. The van der Waals surface area contributed by atoms with E-state index in [4.69, 9.17) is 17.3 Å². The molecule has 2 N–H and O–H groups in total. The minimum absolute atomic E-state index is 0.0158. The van der Waals surface area contributed by atoms with Crippen LogP contribution in [0.15, 0.2) is 48.8 Å². The Hall–Kier alpha value is -2.21. The molecule has 0 atom stereocenters. The number of benzene rings is 1. The molecule has 0 unspecified atom stereocenters. The molecule has 5 rings (SSSR count). The molecule has 35 heavy (non-hydrogen) atoms. The van der Waals surface area contributed by atoms with E-state index >= 15 is 0 Å². The van der Waals surface area contributed by atoms with Gasteiger partial charge in [-0.1, -0.05) is 50.1 Å². The maximum absolute atomic E-state index is 13.8. The normalized spacial score (nSPS) is 17.7. The summed E-state index contributed by atoms with van der Waals surface area (Å²) in [7, 11) is 0.